The lowest BCUT2D eigenvalue weighted by Crippen LogP contribution is -1.88. The first-order valence-electron chi connectivity index (χ1n) is 7.29. The lowest BCUT2D eigenvalue weighted by molar-refractivity contribution is 0.795. The molecule has 1 nitrogen and oxygen atoms in total. The first-order chi connectivity index (χ1) is 9.38. The number of hydrogen-bond donors (Lipinski definition) is 0. The standard InChI is InChI=1S/C11H18.C8H11N/c1-6-10(4)7-8-11(5)9(2)3;1-7(2)8-5-3-4-6-9-8/h6-9H,5H2,1-4H3;3-7H,1-2H3/b8-7-,10-6-;. The minimum Gasteiger partial charge on any atom is -0.261 e. The Morgan fingerprint density at radius 3 is 2.15 bits per heavy atom. The summed E-state index contributed by atoms with van der Waals surface area (Å²) in [6.45, 7) is 16.7. The number of nitrogens with zero attached hydrogens (tertiary/aromatic N) is 1. The molecule has 0 aliphatic carbocycles. The van der Waals surface area contributed by atoms with Crippen molar-refractivity contribution in [3.63, 3.8) is 0 Å². The number of aromatic nitrogens is 1. The van der Waals surface area contributed by atoms with Crippen molar-refractivity contribution in [3.8, 4) is 0 Å². The van der Waals surface area contributed by atoms with Crippen molar-refractivity contribution in [1.29, 1.82) is 0 Å². The zero-order valence-electron chi connectivity index (χ0n) is 13.9. The normalized spacial score (nSPS) is 11.7. The smallest absolute Gasteiger partial charge is 0.0428 e. The molecule has 0 radical (unpaired) electrons. The fourth-order valence-electron chi connectivity index (χ4n) is 1.24. The zero-order valence-corrected chi connectivity index (χ0v) is 13.9. The minimum atomic E-state index is 0.547. The molecule has 0 spiro atoms. The van der Waals surface area contributed by atoms with Crippen LogP contribution >= 0.6 is 0 Å². The summed E-state index contributed by atoms with van der Waals surface area (Å²) in [6.07, 6.45) is 8.10. The fraction of sp³-hybridized carbons (Fsp3) is 0.421. The lowest BCUT2D eigenvalue weighted by Gasteiger charge is -2.02. The van der Waals surface area contributed by atoms with E-state index >= 15 is 0 Å². The summed E-state index contributed by atoms with van der Waals surface area (Å²) in [5.41, 5.74) is 3.63. The highest BCUT2D eigenvalue weighted by Crippen LogP contribution is 2.09. The van der Waals surface area contributed by atoms with Gasteiger partial charge in [-0.2, -0.15) is 0 Å². The molecule has 1 rings (SSSR count). The zero-order chi connectivity index (χ0) is 15.5. The molecule has 0 atom stereocenters. The Morgan fingerprint density at radius 2 is 1.80 bits per heavy atom. The number of allylic oxidation sites excluding steroid dienone is 5. The topological polar surface area (TPSA) is 12.9 Å². The predicted octanol–water partition coefficient (Wildman–Crippen LogP) is 5.93. The van der Waals surface area contributed by atoms with Gasteiger partial charge in [-0.3, -0.25) is 4.98 Å². The van der Waals surface area contributed by atoms with Gasteiger partial charge in [0.25, 0.3) is 0 Å². The Kier molecular flexibility index (Phi) is 9.36. The number of rotatable bonds is 4. The van der Waals surface area contributed by atoms with Crippen LogP contribution in [0.3, 0.4) is 0 Å². The van der Waals surface area contributed by atoms with E-state index in [2.05, 4.69) is 64.4 Å². The molecular formula is C19H29N. The molecule has 0 saturated heterocycles. The van der Waals surface area contributed by atoms with Gasteiger partial charge in [0.2, 0.25) is 0 Å². The van der Waals surface area contributed by atoms with Crippen LogP contribution in [0.15, 0.2) is 60.3 Å². The number of pyridine rings is 1. The molecule has 0 bridgehead atoms. The van der Waals surface area contributed by atoms with Crippen molar-refractivity contribution < 1.29 is 0 Å². The molecule has 0 aromatic carbocycles. The highest BCUT2D eigenvalue weighted by Gasteiger charge is 1.95. The average molecular weight is 271 g/mol. The van der Waals surface area contributed by atoms with E-state index in [9.17, 15) is 0 Å². The molecular weight excluding hydrogens is 242 g/mol. The third kappa shape index (κ3) is 8.47. The minimum absolute atomic E-state index is 0.547. The molecule has 0 aliphatic heterocycles. The van der Waals surface area contributed by atoms with Crippen LogP contribution in [0.4, 0.5) is 0 Å². The Labute approximate surface area is 125 Å². The third-order valence-electron chi connectivity index (χ3n) is 3.04. The Balaban J connectivity index is 0.000000367. The van der Waals surface area contributed by atoms with E-state index in [0.29, 0.717) is 11.8 Å². The molecule has 1 aromatic heterocycles. The van der Waals surface area contributed by atoms with Crippen molar-refractivity contribution in [1.82, 2.24) is 4.98 Å². The van der Waals surface area contributed by atoms with Crippen LogP contribution in [0.25, 0.3) is 0 Å². The maximum Gasteiger partial charge on any atom is 0.0428 e. The molecule has 0 unspecified atom stereocenters. The average Bonchev–Trinajstić information content (AvgIpc) is 2.45. The second-order valence-corrected chi connectivity index (χ2v) is 5.50. The van der Waals surface area contributed by atoms with Gasteiger partial charge in [0, 0.05) is 11.9 Å². The Bertz CT molecular complexity index is 436. The maximum atomic E-state index is 4.18. The van der Waals surface area contributed by atoms with Gasteiger partial charge in [-0.1, -0.05) is 69.7 Å². The van der Waals surface area contributed by atoms with Crippen LogP contribution in [0.2, 0.25) is 0 Å². The van der Waals surface area contributed by atoms with E-state index in [-0.39, 0.29) is 0 Å². The molecule has 110 valence electrons. The van der Waals surface area contributed by atoms with Crippen LogP contribution in [0, 0.1) is 5.92 Å². The summed E-state index contributed by atoms with van der Waals surface area (Å²) in [6, 6.07) is 6.00. The van der Waals surface area contributed by atoms with Crippen LogP contribution < -0.4 is 0 Å². The third-order valence-corrected chi connectivity index (χ3v) is 3.04. The largest absolute Gasteiger partial charge is 0.261 e. The summed E-state index contributed by atoms with van der Waals surface area (Å²) in [7, 11) is 0. The fourth-order valence-corrected chi connectivity index (χ4v) is 1.24. The molecule has 0 saturated carbocycles. The molecule has 0 N–H and O–H groups in total. The van der Waals surface area contributed by atoms with E-state index in [4.69, 9.17) is 0 Å². The van der Waals surface area contributed by atoms with Gasteiger partial charge in [-0.05, 0) is 37.8 Å². The van der Waals surface area contributed by atoms with E-state index in [1.165, 1.54) is 11.1 Å². The van der Waals surface area contributed by atoms with Gasteiger partial charge < -0.3 is 0 Å². The second-order valence-electron chi connectivity index (χ2n) is 5.50. The molecule has 20 heavy (non-hydrogen) atoms. The van der Waals surface area contributed by atoms with Gasteiger partial charge in [0.15, 0.2) is 0 Å². The van der Waals surface area contributed by atoms with Gasteiger partial charge >= 0.3 is 0 Å². The summed E-state index contributed by atoms with van der Waals surface area (Å²) in [5, 5.41) is 0. The summed E-state index contributed by atoms with van der Waals surface area (Å²) in [5.74, 6) is 1.10. The first kappa shape index (κ1) is 18.4. The van der Waals surface area contributed by atoms with Crippen molar-refractivity contribution in [2.45, 2.75) is 47.5 Å². The van der Waals surface area contributed by atoms with Gasteiger partial charge in [0.1, 0.15) is 0 Å². The quantitative estimate of drug-likeness (QED) is 0.619. The van der Waals surface area contributed by atoms with E-state index in [1.54, 1.807) is 0 Å². The van der Waals surface area contributed by atoms with Crippen LogP contribution in [0.1, 0.15) is 53.2 Å². The second kappa shape index (κ2) is 10.2. The SMILES string of the molecule is C=C(/C=C\C(C)=C/C)C(C)C.CC(C)c1ccccn1. The molecule has 0 aliphatic rings. The lowest BCUT2D eigenvalue weighted by atomic mass is 10.0. The van der Waals surface area contributed by atoms with Crippen LogP contribution in [0.5, 0.6) is 0 Å². The van der Waals surface area contributed by atoms with Gasteiger partial charge in [0.05, 0.1) is 0 Å². The highest BCUT2D eigenvalue weighted by molar-refractivity contribution is 5.25. The molecule has 1 heteroatoms. The van der Waals surface area contributed by atoms with Gasteiger partial charge in [-0.15, -0.1) is 0 Å². The van der Waals surface area contributed by atoms with Crippen molar-refractivity contribution in [2.75, 3.05) is 0 Å². The molecule has 0 amide bonds. The highest BCUT2D eigenvalue weighted by atomic mass is 14.7. The predicted molar refractivity (Wildman–Crippen MR) is 90.9 cm³/mol. The molecule has 1 heterocycles. The van der Waals surface area contributed by atoms with Crippen molar-refractivity contribution in [2.24, 2.45) is 5.92 Å². The molecule has 0 fully saturated rings. The summed E-state index contributed by atoms with van der Waals surface area (Å²) >= 11 is 0. The van der Waals surface area contributed by atoms with E-state index < -0.39 is 0 Å². The summed E-state index contributed by atoms with van der Waals surface area (Å²) < 4.78 is 0. The Hall–Kier alpha value is -1.63. The monoisotopic (exact) mass is 271 g/mol. The van der Waals surface area contributed by atoms with Gasteiger partial charge in [-0.25, -0.2) is 0 Å². The van der Waals surface area contributed by atoms with Crippen molar-refractivity contribution >= 4 is 0 Å². The summed E-state index contributed by atoms with van der Waals surface area (Å²) in [4.78, 5) is 4.18. The van der Waals surface area contributed by atoms with Crippen molar-refractivity contribution in [3.05, 3.63) is 66.0 Å². The van der Waals surface area contributed by atoms with E-state index in [1.807, 2.05) is 31.3 Å². The first-order valence-corrected chi connectivity index (χ1v) is 7.29. The van der Waals surface area contributed by atoms with Crippen LogP contribution in [-0.4, -0.2) is 4.98 Å². The molecule has 1 aromatic rings. The maximum absolute atomic E-state index is 4.18. The van der Waals surface area contributed by atoms with E-state index in [0.717, 1.165) is 5.69 Å². The number of hydrogen-bond acceptors (Lipinski definition) is 1. The van der Waals surface area contributed by atoms with Crippen LogP contribution in [-0.2, 0) is 0 Å². The Morgan fingerprint density at radius 1 is 1.15 bits per heavy atom.